The number of carbonyl (C=O) groups is 2. The molecule has 3 rings (SSSR count). The first kappa shape index (κ1) is 16.3. The summed E-state index contributed by atoms with van der Waals surface area (Å²) >= 11 is 5.80. The molecular formula is C17H16ClN3O3. The van der Waals surface area contributed by atoms with E-state index in [-0.39, 0.29) is 23.6 Å². The second-order valence-corrected chi connectivity index (χ2v) is 5.73. The number of carbonyl (C=O) groups excluding carboxylic acids is 2. The minimum atomic E-state index is -0.302. The quantitative estimate of drug-likeness (QED) is 0.864. The molecule has 1 aliphatic heterocycles. The standard InChI is InChI=1S/C17H16ClN3O3/c1-2-7-21-13-9-12(3-4-14(13)24-10-16(21)22)20-17(23)11-5-6-19-15(18)8-11/h3-6,8-9H,2,7,10H2,1H3,(H,20,23). The van der Waals surface area contributed by atoms with Crippen molar-refractivity contribution in [3.63, 3.8) is 0 Å². The predicted octanol–water partition coefficient (Wildman–Crippen LogP) is 3.12. The molecule has 2 aromatic rings. The Kier molecular flexibility index (Phi) is 4.66. The van der Waals surface area contributed by atoms with Gasteiger partial charge < -0.3 is 15.0 Å². The Morgan fingerprint density at radius 1 is 1.38 bits per heavy atom. The molecule has 6 nitrogen and oxygen atoms in total. The van der Waals surface area contributed by atoms with Crippen LogP contribution in [-0.2, 0) is 4.79 Å². The molecule has 0 radical (unpaired) electrons. The predicted molar refractivity (Wildman–Crippen MR) is 91.8 cm³/mol. The average molecular weight is 346 g/mol. The third-order valence-electron chi connectivity index (χ3n) is 3.60. The van der Waals surface area contributed by atoms with Crippen LogP contribution >= 0.6 is 11.6 Å². The SMILES string of the molecule is CCCN1C(=O)COc2ccc(NC(=O)c3ccnc(Cl)c3)cc21. The number of pyridine rings is 1. The first-order valence-electron chi connectivity index (χ1n) is 7.58. The van der Waals surface area contributed by atoms with Gasteiger partial charge in [-0.2, -0.15) is 0 Å². The van der Waals surface area contributed by atoms with Crippen molar-refractivity contribution >= 4 is 34.8 Å². The molecule has 0 aliphatic carbocycles. The summed E-state index contributed by atoms with van der Waals surface area (Å²) in [7, 11) is 0. The Labute approximate surface area is 144 Å². The Hall–Kier alpha value is -2.60. The van der Waals surface area contributed by atoms with Gasteiger partial charge in [0.15, 0.2) is 6.61 Å². The fourth-order valence-electron chi connectivity index (χ4n) is 2.50. The number of hydrogen-bond donors (Lipinski definition) is 1. The van der Waals surface area contributed by atoms with Crippen LogP contribution < -0.4 is 15.0 Å². The highest BCUT2D eigenvalue weighted by atomic mass is 35.5. The third kappa shape index (κ3) is 3.33. The molecule has 24 heavy (non-hydrogen) atoms. The lowest BCUT2D eigenvalue weighted by Gasteiger charge is -2.29. The summed E-state index contributed by atoms with van der Waals surface area (Å²) < 4.78 is 5.44. The monoisotopic (exact) mass is 345 g/mol. The van der Waals surface area contributed by atoms with Gasteiger partial charge in [-0.1, -0.05) is 18.5 Å². The number of hydrogen-bond acceptors (Lipinski definition) is 4. The molecule has 2 heterocycles. The number of rotatable bonds is 4. The summed E-state index contributed by atoms with van der Waals surface area (Å²) in [5.41, 5.74) is 1.65. The maximum atomic E-state index is 12.3. The van der Waals surface area contributed by atoms with Gasteiger partial charge in [-0.25, -0.2) is 4.98 Å². The van der Waals surface area contributed by atoms with Crippen LogP contribution in [0, 0.1) is 0 Å². The molecule has 2 amide bonds. The van der Waals surface area contributed by atoms with Crippen molar-refractivity contribution in [3.8, 4) is 5.75 Å². The normalized spacial score (nSPS) is 13.2. The molecule has 0 saturated carbocycles. The molecule has 0 atom stereocenters. The number of anilines is 2. The van der Waals surface area contributed by atoms with Crippen LogP contribution in [0.25, 0.3) is 0 Å². The zero-order valence-electron chi connectivity index (χ0n) is 13.1. The van der Waals surface area contributed by atoms with E-state index < -0.39 is 0 Å². The van der Waals surface area contributed by atoms with Crippen LogP contribution in [0.1, 0.15) is 23.7 Å². The average Bonchev–Trinajstić information content (AvgIpc) is 2.57. The maximum Gasteiger partial charge on any atom is 0.265 e. The van der Waals surface area contributed by atoms with Crippen LogP contribution in [0.3, 0.4) is 0 Å². The Morgan fingerprint density at radius 3 is 2.96 bits per heavy atom. The first-order chi connectivity index (χ1) is 11.6. The molecule has 124 valence electrons. The van der Waals surface area contributed by atoms with Crippen molar-refractivity contribution in [2.45, 2.75) is 13.3 Å². The number of nitrogens with one attached hydrogen (secondary N) is 1. The van der Waals surface area contributed by atoms with Crippen LogP contribution in [-0.4, -0.2) is 29.9 Å². The molecule has 1 N–H and O–H groups in total. The van der Waals surface area contributed by atoms with E-state index in [4.69, 9.17) is 16.3 Å². The van der Waals surface area contributed by atoms with Crippen molar-refractivity contribution in [1.82, 2.24) is 4.98 Å². The highest BCUT2D eigenvalue weighted by molar-refractivity contribution is 6.29. The van der Waals surface area contributed by atoms with Gasteiger partial charge in [0.25, 0.3) is 11.8 Å². The van der Waals surface area contributed by atoms with Gasteiger partial charge >= 0.3 is 0 Å². The second-order valence-electron chi connectivity index (χ2n) is 5.34. The van der Waals surface area contributed by atoms with Crippen molar-refractivity contribution in [2.24, 2.45) is 0 Å². The summed E-state index contributed by atoms with van der Waals surface area (Å²) in [4.78, 5) is 29.9. The highest BCUT2D eigenvalue weighted by Crippen LogP contribution is 2.34. The summed E-state index contributed by atoms with van der Waals surface area (Å²) in [5, 5.41) is 3.05. The van der Waals surface area contributed by atoms with Crippen molar-refractivity contribution in [3.05, 3.63) is 47.2 Å². The Bertz CT molecular complexity index is 794. The van der Waals surface area contributed by atoms with E-state index in [9.17, 15) is 9.59 Å². The summed E-state index contributed by atoms with van der Waals surface area (Å²) in [5.74, 6) is 0.242. The number of nitrogens with zero attached hydrogens (tertiary/aromatic N) is 2. The van der Waals surface area contributed by atoms with E-state index in [2.05, 4.69) is 10.3 Å². The number of fused-ring (bicyclic) bond motifs is 1. The van der Waals surface area contributed by atoms with Gasteiger partial charge in [0.05, 0.1) is 5.69 Å². The molecule has 1 aromatic carbocycles. The van der Waals surface area contributed by atoms with Crippen molar-refractivity contribution < 1.29 is 14.3 Å². The number of ether oxygens (including phenoxy) is 1. The minimum Gasteiger partial charge on any atom is -0.482 e. The van der Waals surface area contributed by atoms with E-state index in [1.807, 2.05) is 6.92 Å². The van der Waals surface area contributed by atoms with E-state index in [1.165, 1.54) is 12.3 Å². The lowest BCUT2D eigenvalue weighted by atomic mass is 10.2. The third-order valence-corrected chi connectivity index (χ3v) is 3.80. The molecule has 0 spiro atoms. The fraction of sp³-hybridized carbons (Fsp3) is 0.235. The lowest BCUT2D eigenvalue weighted by molar-refractivity contribution is -0.121. The van der Waals surface area contributed by atoms with Gasteiger partial charge in [-0.3, -0.25) is 9.59 Å². The van der Waals surface area contributed by atoms with Crippen LogP contribution in [0.5, 0.6) is 5.75 Å². The Balaban J connectivity index is 1.85. The van der Waals surface area contributed by atoms with Crippen LogP contribution in [0.2, 0.25) is 5.15 Å². The van der Waals surface area contributed by atoms with Gasteiger partial charge in [-0.05, 0) is 36.8 Å². The fourth-order valence-corrected chi connectivity index (χ4v) is 2.67. The van der Waals surface area contributed by atoms with E-state index in [0.717, 1.165) is 6.42 Å². The van der Waals surface area contributed by atoms with Crippen LogP contribution in [0.4, 0.5) is 11.4 Å². The largest absolute Gasteiger partial charge is 0.482 e. The number of amides is 2. The molecule has 0 bridgehead atoms. The zero-order chi connectivity index (χ0) is 17.1. The Morgan fingerprint density at radius 2 is 2.21 bits per heavy atom. The summed E-state index contributed by atoms with van der Waals surface area (Å²) in [6.07, 6.45) is 2.30. The molecule has 0 fully saturated rings. The molecule has 1 aliphatic rings. The number of benzene rings is 1. The van der Waals surface area contributed by atoms with Crippen molar-refractivity contribution in [2.75, 3.05) is 23.4 Å². The lowest BCUT2D eigenvalue weighted by Crippen LogP contribution is -2.39. The second kappa shape index (κ2) is 6.88. The van der Waals surface area contributed by atoms with Gasteiger partial charge in [0.2, 0.25) is 0 Å². The minimum absolute atomic E-state index is 0.0359. The molecule has 1 aromatic heterocycles. The van der Waals surface area contributed by atoms with E-state index in [0.29, 0.717) is 29.2 Å². The highest BCUT2D eigenvalue weighted by Gasteiger charge is 2.25. The zero-order valence-corrected chi connectivity index (χ0v) is 13.8. The van der Waals surface area contributed by atoms with Gasteiger partial charge in [0, 0.05) is 24.0 Å². The number of halogens is 1. The maximum absolute atomic E-state index is 12.3. The summed E-state index contributed by atoms with van der Waals surface area (Å²) in [6, 6.07) is 8.29. The number of aromatic nitrogens is 1. The van der Waals surface area contributed by atoms with Crippen molar-refractivity contribution in [1.29, 1.82) is 0 Å². The first-order valence-corrected chi connectivity index (χ1v) is 7.96. The smallest absolute Gasteiger partial charge is 0.265 e. The summed E-state index contributed by atoms with van der Waals surface area (Å²) in [6.45, 7) is 2.64. The molecular weight excluding hydrogens is 330 g/mol. The van der Waals surface area contributed by atoms with Gasteiger partial charge in [0.1, 0.15) is 10.9 Å². The molecule has 0 saturated heterocycles. The topological polar surface area (TPSA) is 71.5 Å². The van der Waals surface area contributed by atoms with Gasteiger partial charge in [-0.15, -0.1) is 0 Å². The molecule has 0 unspecified atom stereocenters. The van der Waals surface area contributed by atoms with E-state index >= 15 is 0 Å². The molecule has 7 heteroatoms. The van der Waals surface area contributed by atoms with Crippen LogP contribution in [0.15, 0.2) is 36.5 Å². The van der Waals surface area contributed by atoms with E-state index in [1.54, 1.807) is 29.2 Å².